The fourth-order valence-corrected chi connectivity index (χ4v) is 3.14. The lowest BCUT2D eigenvalue weighted by Crippen LogP contribution is -2.25. The van der Waals surface area contributed by atoms with E-state index in [1.807, 2.05) is 6.07 Å². The number of carbonyl (C=O) groups excluding carboxylic acids is 1. The molecule has 0 bridgehead atoms. The first kappa shape index (κ1) is 15.8. The topological polar surface area (TPSA) is 63.5 Å². The van der Waals surface area contributed by atoms with Gasteiger partial charge in [0.05, 0.1) is 15.8 Å². The van der Waals surface area contributed by atoms with E-state index in [1.54, 1.807) is 13.1 Å². The standard InChI is InChI=1S/C13H10Cl2N2O3S/c1-16(7-9-3-5-12(15)21-9)13(18)8-2-4-11(17(19)20)10(14)6-8/h2-6H,7H2,1H3. The van der Waals surface area contributed by atoms with Crippen molar-refractivity contribution < 1.29 is 9.72 Å². The zero-order valence-electron chi connectivity index (χ0n) is 10.9. The van der Waals surface area contributed by atoms with Gasteiger partial charge >= 0.3 is 0 Å². The Balaban J connectivity index is 2.15. The van der Waals surface area contributed by atoms with Crippen LogP contribution >= 0.6 is 34.5 Å². The maximum Gasteiger partial charge on any atom is 0.287 e. The number of nitro benzene ring substituents is 1. The molecule has 1 aromatic carbocycles. The average Bonchev–Trinajstić information content (AvgIpc) is 2.82. The predicted molar refractivity (Wildman–Crippen MR) is 83.2 cm³/mol. The summed E-state index contributed by atoms with van der Waals surface area (Å²) < 4.78 is 0.657. The molecule has 0 radical (unpaired) electrons. The number of rotatable bonds is 4. The molecule has 0 spiro atoms. The number of hydrogen-bond acceptors (Lipinski definition) is 4. The molecule has 0 fully saturated rings. The minimum atomic E-state index is -0.589. The van der Waals surface area contributed by atoms with E-state index >= 15 is 0 Å². The molecule has 1 aromatic heterocycles. The van der Waals surface area contributed by atoms with Crippen LogP contribution in [-0.4, -0.2) is 22.8 Å². The van der Waals surface area contributed by atoms with Crippen LogP contribution in [0.5, 0.6) is 0 Å². The predicted octanol–water partition coefficient (Wildman–Crippen LogP) is 4.24. The Bertz CT molecular complexity index is 702. The van der Waals surface area contributed by atoms with E-state index in [1.165, 1.54) is 34.4 Å². The molecule has 0 saturated heterocycles. The van der Waals surface area contributed by atoms with Crippen LogP contribution in [0.15, 0.2) is 30.3 Å². The summed E-state index contributed by atoms with van der Waals surface area (Å²) in [4.78, 5) is 24.8. The van der Waals surface area contributed by atoms with E-state index in [-0.39, 0.29) is 16.6 Å². The third-order valence-corrected chi connectivity index (χ3v) is 4.28. The van der Waals surface area contributed by atoms with E-state index in [4.69, 9.17) is 23.2 Å². The summed E-state index contributed by atoms with van der Waals surface area (Å²) in [7, 11) is 1.64. The minimum Gasteiger partial charge on any atom is -0.337 e. The number of carbonyl (C=O) groups is 1. The van der Waals surface area contributed by atoms with Crippen LogP contribution in [0.25, 0.3) is 0 Å². The van der Waals surface area contributed by atoms with E-state index in [9.17, 15) is 14.9 Å². The van der Waals surface area contributed by atoms with Crippen molar-refractivity contribution in [3.05, 3.63) is 60.2 Å². The van der Waals surface area contributed by atoms with Gasteiger partial charge in [-0.2, -0.15) is 0 Å². The molecule has 0 N–H and O–H groups in total. The summed E-state index contributed by atoms with van der Waals surface area (Å²) in [6.07, 6.45) is 0. The van der Waals surface area contributed by atoms with Crippen LogP contribution in [0.4, 0.5) is 5.69 Å². The van der Waals surface area contributed by atoms with Gasteiger partial charge < -0.3 is 4.90 Å². The molecule has 0 saturated carbocycles. The molecule has 8 heteroatoms. The first-order valence-corrected chi connectivity index (χ1v) is 7.39. The molecule has 1 amide bonds. The van der Waals surface area contributed by atoms with Gasteiger partial charge in [-0.15, -0.1) is 11.3 Å². The highest BCUT2D eigenvalue weighted by molar-refractivity contribution is 7.16. The normalized spacial score (nSPS) is 10.4. The van der Waals surface area contributed by atoms with Crippen molar-refractivity contribution in [3.63, 3.8) is 0 Å². The number of halogens is 2. The van der Waals surface area contributed by atoms with E-state index in [0.29, 0.717) is 16.4 Å². The summed E-state index contributed by atoms with van der Waals surface area (Å²) in [5, 5.41) is 10.6. The lowest BCUT2D eigenvalue weighted by atomic mass is 10.2. The fourth-order valence-electron chi connectivity index (χ4n) is 1.75. The van der Waals surface area contributed by atoms with Crippen molar-refractivity contribution in [3.8, 4) is 0 Å². The van der Waals surface area contributed by atoms with Gasteiger partial charge in [-0.25, -0.2) is 0 Å². The second kappa shape index (κ2) is 6.43. The molecule has 0 atom stereocenters. The number of nitro groups is 1. The smallest absolute Gasteiger partial charge is 0.287 e. The molecular weight excluding hydrogens is 335 g/mol. The average molecular weight is 345 g/mol. The van der Waals surface area contributed by atoms with Crippen LogP contribution < -0.4 is 0 Å². The van der Waals surface area contributed by atoms with Crippen molar-refractivity contribution in [2.75, 3.05) is 7.05 Å². The highest BCUT2D eigenvalue weighted by atomic mass is 35.5. The zero-order valence-corrected chi connectivity index (χ0v) is 13.2. The molecule has 5 nitrogen and oxygen atoms in total. The van der Waals surface area contributed by atoms with Crippen molar-refractivity contribution in [1.82, 2.24) is 4.90 Å². The van der Waals surface area contributed by atoms with Gasteiger partial charge in [0.15, 0.2) is 0 Å². The van der Waals surface area contributed by atoms with Gasteiger partial charge in [-0.05, 0) is 24.3 Å². The SMILES string of the molecule is CN(Cc1ccc(Cl)s1)C(=O)c1ccc([N+](=O)[O-])c(Cl)c1. The second-order valence-corrected chi connectivity index (χ2v) is 6.50. The Morgan fingerprint density at radius 2 is 2.05 bits per heavy atom. The molecule has 2 aromatic rings. The number of hydrogen-bond donors (Lipinski definition) is 0. The van der Waals surface area contributed by atoms with E-state index < -0.39 is 4.92 Å². The van der Waals surface area contributed by atoms with Crippen molar-refractivity contribution in [1.29, 1.82) is 0 Å². The zero-order chi connectivity index (χ0) is 15.6. The monoisotopic (exact) mass is 344 g/mol. The van der Waals surface area contributed by atoms with Crippen molar-refractivity contribution >= 4 is 46.1 Å². The van der Waals surface area contributed by atoms with E-state index in [0.717, 1.165) is 4.88 Å². The Morgan fingerprint density at radius 3 is 2.57 bits per heavy atom. The van der Waals surface area contributed by atoms with Crippen molar-refractivity contribution in [2.24, 2.45) is 0 Å². The van der Waals surface area contributed by atoms with Gasteiger partial charge in [0.1, 0.15) is 5.02 Å². The van der Waals surface area contributed by atoms with Gasteiger partial charge in [0, 0.05) is 23.6 Å². The number of amides is 1. The van der Waals surface area contributed by atoms with Gasteiger partial charge in [0.2, 0.25) is 0 Å². The third kappa shape index (κ3) is 3.72. The lowest BCUT2D eigenvalue weighted by Gasteiger charge is -2.16. The van der Waals surface area contributed by atoms with E-state index in [2.05, 4.69) is 0 Å². The van der Waals surface area contributed by atoms with Crippen LogP contribution in [0.2, 0.25) is 9.36 Å². The molecule has 0 aliphatic rings. The molecule has 2 rings (SSSR count). The van der Waals surface area contributed by atoms with Crippen LogP contribution in [0.1, 0.15) is 15.2 Å². The Kier molecular flexibility index (Phi) is 4.82. The largest absolute Gasteiger partial charge is 0.337 e. The summed E-state index contributed by atoms with van der Waals surface area (Å²) in [5.41, 5.74) is 0.0802. The molecule has 21 heavy (non-hydrogen) atoms. The summed E-state index contributed by atoms with van der Waals surface area (Å²) in [6, 6.07) is 7.54. The number of thiophene rings is 1. The van der Waals surface area contributed by atoms with Crippen molar-refractivity contribution in [2.45, 2.75) is 6.54 Å². The first-order chi connectivity index (χ1) is 9.88. The molecular formula is C13H10Cl2N2O3S. The Hall–Kier alpha value is -1.63. The summed E-state index contributed by atoms with van der Waals surface area (Å²) >= 11 is 13.0. The van der Waals surface area contributed by atoms with Gasteiger partial charge in [-0.1, -0.05) is 23.2 Å². The quantitative estimate of drug-likeness (QED) is 0.615. The first-order valence-electron chi connectivity index (χ1n) is 5.82. The second-order valence-electron chi connectivity index (χ2n) is 4.29. The van der Waals surface area contributed by atoms with Gasteiger partial charge in [-0.3, -0.25) is 14.9 Å². The van der Waals surface area contributed by atoms with Crippen LogP contribution in [-0.2, 0) is 6.54 Å². The molecule has 0 unspecified atom stereocenters. The number of nitrogens with zero attached hydrogens (tertiary/aromatic N) is 2. The Labute approximate surface area is 134 Å². The summed E-state index contributed by atoms with van der Waals surface area (Å²) in [6.45, 7) is 0.408. The third-order valence-electron chi connectivity index (χ3n) is 2.76. The molecule has 0 aliphatic heterocycles. The summed E-state index contributed by atoms with van der Waals surface area (Å²) in [5.74, 6) is -0.267. The number of benzene rings is 1. The lowest BCUT2D eigenvalue weighted by molar-refractivity contribution is -0.384. The Morgan fingerprint density at radius 1 is 1.33 bits per heavy atom. The molecule has 110 valence electrons. The highest BCUT2D eigenvalue weighted by Gasteiger charge is 2.18. The van der Waals surface area contributed by atoms with Gasteiger partial charge in [0.25, 0.3) is 11.6 Å². The maximum atomic E-state index is 12.3. The minimum absolute atomic E-state index is 0.0570. The maximum absolute atomic E-state index is 12.3. The van der Waals surface area contributed by atoms with Crippen LogP contribution in [0.3, 0.4) is 0 Å². The fraction of sp³-hybridized carbons (Fsp3) is 0.154. The molecule has 0 aliphatic carbocycles. The highest BCUT2D eigenvalue weighted by Crippen LogP contribution is 2.26. The molecule has 1 heterocycles. The van der Waals surface area contributed by atoms with Crippen LogP contribution in [0, 0.1) is 10.1 Å².